The number of rotatable bonds is 6. The molecule has 2 N–H and O–H groups in total. The van der Waals surface area contributed by atoms with E-state index in [1.165, 1.54) is 12.1 Å². The Kier molecular flexibility index (Phi) is 5.76. The molecule has 0 fully saturated rings. The monoisotopic (exact) mass is 287 g/mol. The topological polar surface area (TPSA) is 66.4 Å². The molecule has 1 amide bonds. The SMILES string of the molecule is CCCC[C@H](NC(=O)c1cccc(F)c1Cl)C(=O)O. The van der Waals surface area contributed by atoms with Crippen LogP contribution in [0.4, 0.5) is 4.39 Å². The summed E-state index contributed by atoms with van der Waals surface area (Å²) in [4.78, 5) is 22.9. The second kappa shape index (κ2) is 7.09. The molecule has 6 heteroatoms. The van der Waals surface area contributed by atoms with Gasteiger partial charge in [-0.25, -0.2) is 9.18 Å². The van der Waals surface area contributed by atoms with E-state index < -0.39 is 23.7 Å². The maximum Gasteiger partial charge on any atom is 0.326 e. The maximum atomic E-state index is 13.2. The molecule has 19 heavy (non-hydrogen) atoms. The lowest BCUT2D eigenvalue weighted by atomic mass is 10.1. The quantitative estimate of drug-likeness (QED) is 0.845. The van der Waals surface area contributed by atoms with Crippen LogP contribution in [0.3, 0.4) is 0 Å². The summed E-state index contributed by atoms with van der Waals surface area (Å²) in [5, 5.41) is 11.0. The molecule has 0 radical (unpaired) electrons. The van der Waals surface area contributed by atoms with Crippen LogP contribution < -0.4 is 5.32 Å². The van der Waals surface area contributed by atoms with Crippen molar-refractivity contribution < 1.29 is 19.1 Å². The fourth-order valence-corrected chi connectivity index (χ4v) is 1.79. The molecule has 0 unspecified atom stereocenters. The van der Waals surface area contributed by atoms with Crippen molar-refractivity contribution in [2.45, 2.75) is 32.2 Å². The van der Waals surface area contributed by atoms with Crippen LogP contribution in [-0.2, 0) is 4.79 Å². The van der Waals surface area contributed by atoms with Crippen LogP contribution in [0.1, 0.15) is 36.5 Å². The Morgan fingerprint density at radius 2 is 2.16 bits per heavy atom. The number of carbonyl (C=O) groups excluding carboxylic acids is 1. The first-order valence-corrected chi connectivity index (χ1v) is 6.32. The van der Waals surface area contributed by atoms with Crippen molar-refractivity contribution >= 4 is 23.5 Å². The first kappa shape index (κ1) is 15.4. The van der Waals surface area contributed by atoms with Crippen molar-refractivity contribution in [1.82, 2.24) is 5.32 Å². The summed E-state index contributed by atoms with van der Waals surface area (Å²) < 4.78 is 13.2. The lowest BCUT2D eigenvalue weighted by molar-refractivity contribution is -0.139. The van der Waals surface area contributed by atoms with Crippen LogP contribution >= 0.6 is 11.6 Å². The van der Waals surface area contributed by atoms with Gasteiger partial charge in [-0.1, -0.05) is 37.4 Å². The molecule has 0 aliphatic carbocycles. The fourth-order valence-electron chi connectivity index (χ4n) is 1.58. The second-order valence-electron chi connectivity index (χ2n) is 4.11. The highest BCUT2D eigenvalue weighted by molar-refractivity contribution is 6.34. The summed E-state index contributed by atoms with van der Waals surface area (Å²) in [5.41, 5.74) is -0.0654. The summed E-state index contributed by atoms with van der Waals surface area (Å²) in [6.07, 6.45) is 1.82. The highest BCUT2D eigenvalue weighted by Crippen LogP contribution is 2.19. The number of hydrogen-bond acceptors (Lipinski definition) is 2. The molecule has 0 spiro atoms. The lowest BCUT2D eigenvalue weighted by Crippen LogP contribution is -2.40. The number of aliphatic carboxylic acids is 1. The molecule has 4 nitrogen and oxygen atoms in total. The largest absolute Gasteiger partial charge is 0.480 e. The average molecular weight is 288 g/mol. The van der Waals surface area contributed by atoms with E-state index in [0.29, 0.717) is 12.8 Å². The van der Waals surface area contributed by atoms with Crippen molar-refractivity contribution in [3.63, 3.8) is 0 Å². The molecule has 104 valence electrons. The zero-order valence-electron chi connectivity index (χ0n) is 10.5. The number of halogens is 2. The van der Waals surface area contributed by atoms with Crippen LogP contribution in [-0.4, -0.2) is 23.0 Å². The van der Waals surface area contributed by atoms with Gasteiger partial charge < -0.3 is 10.4 Å². The molecule has 0 heterocycles. The number of hydrogen-bond donors (Lipinski definition) is 2. The smallest absolute Gasteiger partial charge is 0.326 e. The van der Waals surface area contributed by atoms with Crippen LogP contribution in [0.25, 0.3) is 0 Å². The second-order valence-corrected chi connectivity index (χ2v) is 4.49. The number of benzene rings is 1. The van der Waals surface area contributed by atoms with Crippen molar-refractivity contribution in [2.24, 2.45) is 0 Å². The zero-order valence-corrected chi connectivity index (χ0v) is 11.2. The van der Waals surface area contributed by atoms with Gasteiger partial charge in [0.15, 0.2) is 0 Å². The van der Waals surface area contributed by atoms with E-state index in [1.807, 2.05) is 6.92 Å². The highest BCUT2D eigenvalue weighted by Gasteiger charge is 2.21. The van der Waals surface area contributed by atoms with Gasteiger partial charge in [0.1, 0.15) is 11.9 Å². The summed E-state index contributed by atoms with van der Waals surface area (Å²) in [7, 11) is 0. The average Bonchev–Trinajstić information content (AvgIpc) is 2.37. The predicted octanol–water partition coefficient (Wildman–Crippen LogP) is 2.85. The lowest BCUT2D eigenvalue weighted by Gasteiger charge is -2.14. The molecular formula is C13H15ClFNO3. The van der Waals surface area contributed by atoms with Gasteiger partial charge >= 0.3 is 5.97 Å². The van der Waals surface area contributed by atoms with Gasteiger partial charge in [0.05, 0.1) is 10.6 Å². The molecule has 0 aliphatic rings. The Morgan fingerprint density at radius 3 is 2.74 bits per heavy atom. The number of amides is 1. The van der Waals surface area contributed by atoms with Crippen molar-refractivity contribution in [3.05, 3.63) is 34.6 Å². The van der Waals surface area contributed by atoms with Gasteiger partial charge in [0.25, 0.3) is 5.91 Å². The van der Waals surface area contributed by atoms with E-state index in [9.17, 15) is 14.0 Å². The highest BCUT2D eigenvalue weighted by atomic mass is 35.5. The van der Waals surface area contributed by atoms with E-state index in [-0.39, 0.29) is 10.6 Å². The van der Waals surface area contributed by atoms with Crippen molar-refractivity contribution in [3.8, 4) is 0 Å². The summed E-state index contributed by atoms with van der Waals surface area (Å²) >= 11 is 5.67. The van der Waals surface area contributed by atoms with Gasteiger partial charge in [-0.15, -0.1) is 0 Å². The van der Waals surface area contributed by atoms with E-state index >= 15 is 0 Å². The maximum absolute atomic E-state index is 13.2. The molecule has 1 aromatic carbocycles. The van der Waals surface area contributed by atoms with Crippen LogP contribution in [0.15, 0.2) is 18.2 Å². The van der Waals surface area contributed by atoms with Gasteiger partial charge in [-0.05, 0) is 18.6 Å². The molecule has 1 rings (SSSR count). The zero-order chi connectivity index (χ0) is 14.4. The minimum atomic E-state index is -1.12. The molecule has 0 aromatic heterocycles. The Hall–Kier alpha value is -1.62. The summed E-state index contributed by atoms with van der Waals surface area (Å²) in [6, 6.07) is 2.83. The van der Waals surface area contributed by atoms with Gasteiger partial charge in [0.2, 0.25) is 0 Å². The van der Waals surface area contributed by atoms with Gasteiger partial charge in [-0.2, -0.15) is 0 Å². The third-order valence-electron chi connectivity index (χ3n) is 2.65. The fraction of sp³-hybridized carbons (Fsp3) is 0.385. The van der Waals surface area contributed by atoms with E-state index in [4.69, 9.17) is 16.7 Å². The number of carboxylic acids is 1. The van der Waals surface area contributed by atoms with Crippen LogP contribution in [0.2, 0.25) is 5.02 Å². The Balaban J connectivity index is 2.82. The molecule has 1 aromatic rings. The number of nitrogens with one attached hydrogen (secondary N) is 1. The minimum absolute atomic E-state index is 0.0654. The van der Waals surface area contributed by atoms with Crippen LogP contribution in [0, 0.1) is 5.82 Å². The first-order valence-electron chi connectivity index (χ1n) is 5.95. The third-order valence-corrected chi connectivity index (χ3v) is 3.03. The number of carboxylic acid groups (broad SMARTS) is 1. The third kappa shape index (κ3) is 4.21. The number of unbranched alkanes of at least 4 members (excludes halogenated alkanes) is 1. The molecule has 0 bridgehead atoms. The van der Waals surface area contributed by atoms with E-state index in [2.05, 4.69) is 5.32 Å². The Bertz CT molecular complexity index is 479. The normalized spacial score (nSPS) is 11.9. The minimum Gasteiger partial charge on any atom is -0.480 e. The Morgan fingerprint density at radius 1 is 1.47 bits per heavy atom. The van der Waals surface area contributed by atoms with Crippen LogP contribution in [0.5, 0.6) is 0 Å². The molecule has 0 saturated heterocycles. The predicted molar refractivity (Wildman–Crippen MR) is 69.8 cm³/mol. The molecule has 0 saturated carbocycles. The first-order chi connectivity index (χ1) is 8.97. The van der Waals surface area contributed by atoms with Gasteiger partial charge in [0, 0.05) is 0 Å². The Labute approximate surface area is 115 Å². The summed E-state index contributed by atoms with van der Waals surface area (Å²) in [5.74, 6) is -2.52. The number of carbonyl (C=O) groups is 2. The molecule has 1 atom stereocenters. The molecule has 0 aliphatic heterocycles. The standard InChI is InChI=1S/C13H15ClFNO3/c1-2-3-7-10(13(18)19)16-12(17)8-5-4-6-9(15)11(8)14/h4-6,10H,2-3,7H2,1H3,(H,16,17)(H,18,19)/t10-/m0/s1. The van der Waals surface area contributed by atoms with E-state index in [0.717, 1.165) is 12.5 Å². The summed E-state index contributed by atoms with van der Waals surface area (Å²) in [6.45, 7) is 1.92. The van der Waals surface area contributed by atoms with Gasteiger partial charge in [-0.3, -0.25) is 4.79 Å². The van der Waals surface area contributed by atoms with Crippen molar-refractivity contribution in [1.29, 1.82) is 0 Å². The van der Waals surface area contributed by atoms with E-state index in [1.54, 1.807) is 0 Å². The molecular weight excluding hydrogens is 273 g/mol. The van der Waals surface area contributed by atoms with Crippen molar-refractivity contribution in [2.75, 3.05) is 0 Å².